The van der Waals surface area contributed by atoms with E-state index >= 15 is 0 Å². The maximum Gasteiger partial charge on any atom is 0.330 e. The molecule has 0 unspecified atom stereocenters. The lowest BCUT2D eigenvalue weighted by molar-refractivity contribution is -0.682. The van der Waals surface area contributed by atoms with E-state index in [2.05, 4.69) is 0 Å². The third-order valence-corrected chi connectivity index (χ3v) is 3.13. The Morgan fingerprint density at radius 2 is 2.00 bits per heavy atom. The summed E-state index contributed by atoms with van der Waals surface area (Å²) in [6.07, 6.45) is 6.67. The molecule has 5 nitrogen and oxygen atoms in total. The van der Waals surface area contributed by atoms with Gasteiger partial charge >= 0.3 is 5.97 Å². The van der Waals surface area contributed by atoms with E-state index in [1.165, 1.54) is 6.08 Å². The molecule has 0 saturated heterocycles. The first-order valence-electron chi connectivity index (χ1n) is 7.08. The van der Waals surface area contributed by atoms with Gasteiger partial charge in [-0.1, -0.05) is 30.3 Å². The number of hydrogen-bond acceptors (Lipinski definition) is 3. The van der Waals surface area contributed by atoms with Gasteiger partial charge in [-0.2, -0.15) is 0 Å². The van der Waals surface area contributed by atoms with Gasteiger partial charge in [0.25, 0.3) is 0 Å². The van der Waals surface area contributed by atoms with Crippen LogP contribution in [0.1, 0.15) is 23.0 Å². The maximum atomic E-state index is 12.2. The fraction of sp³-hybridized carbons (Fsp3) is 0.235. The van der Waals surface area contributed by atoms with E-state index in [1.54, 1.807) is 29.7 Å². The minimum absolute atomic E-state index is 0.0390. The predicted molar refractivity (Wildman–Crippen MR) is 82.0 cm³/mol. The van der Waals surface area contributed by atoms with Crippen LogP contribution in [0.5, 0.6) is 0 Å². The molecule has 0 fully saturated rings. The summed E-state index contributed by atoms with van der Waals surface area (Å²) in [5.74, 6) is -0.340. The lowest BCUT2D eigenvalue weighted by Gasteiger charge is -1.97. The summed E-state index contributed by atoms with van der Waals surface area (Å²) in [4.78, 5) is 23.5. The molecule has 0 atom stereocenters. The molecular weight excluding hydrogens is 280 g/mol. The van der Waals surface area contributed by atoms with Crippen LogP contribution in [0.4, 0.5) is 0 Å². The van der Waals surface area contributed by atoms with Crippen LogP contribution < -0.4 is 4.57 Å². The van der Waals surface area contributed by atoms with Crippen molar-refractivity contribution in [1.29, 1.82) is 0 Å². The molecule has 2 aromatic rings. The van der Waals surface area contributed by atoms with Crippen molar-refractivity contribution in [3.8, 4) is 0 Å². The van der Waals surface area contributed by atoms with E-state index in [4.69, 9.17) is 4.74 Å². The molecule has 2 rings (SSSR count). The van der Waals surface area contributed by atoms with Crippen LogP contribution in [0.2, 0.25) is 0 Å². The van der Waals surface area contributed by atoms with Gasteiger partial charge in [0.2, 0.25) is 12.1 Å². The average Bonchev–Trinajstić information content (AvgIpc) is 2.86. The van der Waals surface area contributed by atoms with Crippen LogP contribution >= 0.6 is 0 Å². The van der Waals surface area contributed by atoms with Gasteiger partial charge in [-0.25, -0.2) is 13.9 Å². The fourth-order valence-electron chi connectivity index (χ4n) is 2.06. The first-order chi connectivity index (χ1) is 10.6. The molecule has 0 N–H and O–H groups in total. The number of rotatable bonds is 6. The third-order valence-electron chi connectivity index (χ3n) is 3.13. The molecule has 0 aliphatic rings. The lowest BCUT2D eigenvalue weighted by Crippen LogP contribution is -2.35. The Bertz CT molecular complexity index is 687. The molecule has 1 aromatic heterocycles. The van der Waals surface area contributed by atoms with Crippen molar-refractivity contribution in [2.75, 3.05) is 6.61 Å². The number of esters is 1. The van der Waals surface area contributed by atoms with Gasteiger partial charge in [-0.3, -0.25) is 4.79 Å². The number of carbonyl (C=O) groups is 2. The number of ketones is 1. The Hall–Kier alpha value is -2.69. The summed E-state index contributed by atoms with van der Waals surface area (Å²) in [7, 11) is 1.86. The lowest BCUT2D eigenvalue weighted by atomic mass is 10.1. The van der Waals surface area contributed by atoms with Gasteiger partial charge in [-0.05, 0) is 13.0 Å². The second kappa shape index (κ2) is 7.36. The smallest absolute Gasteiger partial charge is 0.330 e. The number of imidazole rings is 1. The van der Waals surface area contributed by atoms with Crippen LogP contribution in [-0.2, 0) is 23.1 Å². The molecule has 0 aliphatic heterocycles. The van der Waals surface area contributed by atoms with Crippen LogP contribution in [0.3, 0.4) is 0 Å². The van der Waals surface area contributed by atoms with Crippen LogP contribution in [0.25, 0.3) is 6.08 Å². The number of aromatic nitrogens is 2. The van der Waals surface area contributed by atoms with E-state index in [1.807, 2.05) is 42.3 Å². The van der Waals surface area contributed by atoms with Gasteiger partial charge < -0.3 is 4.74 Å². The zero-order valence-electron chi connectivity index (χ0n) is 12.7. The average molecular weight is 299 g/mol. The second-order valence-corrected chi connectivity index (χ2v) is 4.83. The van der Waals surface area contributed by atoms with E-state index < -0.39 is 0 Å². The van der Waals surface area contributed by atoms with Crippen molar-refractivity contribution in [1.82, 2.24) is 4.57 Å². The van der Waals surface area contributed by atoms with E-state index in [0.717, 1.165) is 5.69 Å². The van der Waals surface area contributed by atoms with E-state index in [0.29, 0.717) is 12.2 Å². The Balaban J connectivity index is 2.06. The predicted octanol–water partition coefficient (Wildman–Crippen LogP) is 1.77. The van der Waals surface area contributed by atoms with Crippen molar-refractivity contribution in [2.24, 2.45) is 7.05 Å². The highest BCUT2D eigenvalue weighted by Gasteiger charge is 2.13. The van der Waals surface area contributed by atoms with Crippen LogP contribution in [-0.4, -0.2) is 22.9 Å². The zero-order valence-corrected chi connectivity index (χ0v) is 12.7. The third kappa shape index (κ3) is 4.15. The Morgan fingerprint density at radius 3 is 2.68 bits per heavy atom. The molecule has 114 valence electrons. The molecule has 0 amide bonds. The summed E-state index contributed by atoms with van der Waals surface area (Å²) in [6, 6.07) is 9.17. The maximum absolute atomic E-state index is 12.2. The SMILES string of the molecule is CCOC(=O)/C=C/c1c[n+](CC(=O)c2ccccc2)cn1C. The largest absolute Gasteiger partial charge is 0.463 e. The van der Waals surface area contributed by atoms with Crippen LogP contribution in [0, 0.1) is 0 Å². The number of nitrogens with zero attached hydrogens (tertiary/aromatic N) is 2. The van der Waals surface area contributed by atoms with Gasteiger partial charge in [0.1, 0.15) is 6.20 Å². The molecule has 0 aliphatic carbocycles. The molecule has 0 radical (unpaired) electrons. The Kier molecular flexibility index (Phi) is 5.25. The standard InChI is InChI=1S/C17H19N2O3/c1-3-22-17(21)10-9-15-11-19(13-18(15)2)12-16(20)14-7-5-4-6-8-14/h4-11,13H,3,12H2,1-2H3/q+1/b10-9+. The monoisotopic (exact) mass is 299 g/mol. The van der Waals surface area contributed by atoms with Crippen molar-refractivity contribution < 1.29 is 18.9 Å². The first kappa shape index (κ1) is 15.7. The number of Topliss-reactive ketones (excluding diaryl/α,β-unsaturated/α-hetero) is 1. The molecule has 0 bridgehead atoms. The number of ether oxygens (including phenoxy) is 1. The number of hydrogen-bond donors (Lipinski definition) is 0. The number of aryl methyl sites for hydroxylation is 1. The number of carbonyl (C=O) groups excluding carboxylic acids is 2. The highest BCUT2D eigenvalue weighted by molar-refractivity contribution is 5.95. The molecule has 1 aromatic carbocycles. The van der Waals surface area contributed by atoms with Crippen molar-refractivity contribution >= 4 is 17.8 Å². The van der Waals surface area contributed by atoms with Crippen molar-refractivity contribution in [2.45, 2.75) is 13.5 Å². The van der Waals surface area contributed by atoms with E-state index in [9.17, 15) is 9.59 Å². The molecule has 22 heavy (non-hydrogen) atoms. The summed E-state index contributed by atoms with van der Waals surface area (Å²) < 4.78 is 8.47. The van der Waals surface area contributed by atoms with Crippen molar-refractivity contribution in [3.63, 3.8) is 0 Å². The molecule has 1 heterocycles. The molecule has 5 heteroatoms. The topological polar surface area (TPSA) is 52.2 Å². The van der Waals surface area contributed by atoms with Crippen molar-refractivity contribution in [3.05, 3.63) is 60.2 Å². The van der Waals surface area contributed by atoms with Gasteiger partial charge in [0, 0.05) is 11.6 Å². The minimum atomic E-state index is -0.379. The molecular formula is C17H19N2O3+. The molecule has 0 saturated carbocycles. The van der Waals surface area contributed by atoms with Gasteiger partial charge in [-0.15, -0.1) is 0 Å². The molecule has 0 spiro atoms. The normalized spacial score (nSPS) is 10.8. The van der Waals surface area contributed by atoms with Gasteiger partial charge in [0.05, 0.1) is 13.7 Å². The number of benzene rings is 1. The van der Waals surface area contributed by atoms with Crippen LogP contribution in [0.15, 0.2) is 48.9 Å². The zero-order chi connectivity index (χ0) is 15.9. The Morgan fingerprint density at radius 1 is 1.27 bits per heavy atom. The second-order valence-electron chi connectivity index (χ2n) is 4.83. The first-order valence-corrected chi connectivity index (χ1v) is 7.08. The quantitative estimate of drug-likeness (QED) is 0.353. The van der Waals surface area contributed by atoms with E-state index in [-0.39, 0.29) is 18.3 Å². The van der Waals surface area contributed by atoms with Gasteiger partial charge in [0.15, 0.2) is 12.2 Å². The summed E-state index contributed by atoms with van der Waals surface area (Å²) >= 11 is 0. The fourth-order valence-corrected chi connectivity index (χ4v) is 2.06. The highest BCUT2D eigenvalue weighted by Crippen LogP contribution is 2.02. The minimum Gasteiger partial charge on any atom is -0.463 e. The summed E-state index contributed by atoms with van der Waals surface area (Å²) in [5.41, 5.74) is 1.50. The highest BCUT2D eigenvalue weighted by atomic mass is 16.5. The summed E-state index contributed by atoms with van der Waals surface area (Å²) in [6.45, 7) is 2.37. The summed E-state index contributed by atoms with van der Waals surface area (Å²) in [5, 5.41) is 0. The Labute approximate surface area is 129 Å².